The molecule has 4 aliphatic rings. The Hall–Kier alpha value is -4.74. The third-order valence-corrected chi connectivity index (χ3v) is 9.18. The van der Waals surface area contributed by atoms with Gasteiger partial charge in [0.05, 0.1) is 35.8 Å². The molecule has 1 unspecified atom stereocenters. The summed E-state index contributed by atoms with van der Waals surface area (Å²) in [5, 5.41) is 5.43. The number of benzene rings is 2. The Morgan fingerprint density at radius 2 is 1.02 bits per heavy atom. The largest absolute Gasteiger partial charge is 0.447 e. The van der Waals surface area contributed by atoms with Crippen molar-refractivity contribution < 1.29 is 38.2 Å². The number of amides is 6. The van der Waals surface area contributed by atoms with Crippen molar-refractivity contribution in [1.82, 2.24) is 20.4 Å². The zero-order chi connectivity index (χ0) is 32.8. The molecule has 6 amide bonds. The lowest BCUT2D eigenvalue weighted by molar-refractivity contribution is -0.136. The minimum atomic E-state index is -0.606. The van der Waals surface area contributed by atoms with Crippen LogP contribution in [0.15, 0.2) is 60.7 Å². The number of nitrogens with zero attached hydrogens (tertiary/aromatic N) is 2. The molecule has 2 aromatic carbocycles. The highest BCUT2D eigenvalue weighted by Gasteiger charge is 2.47. The van der Waals surface area contributed by atoms with Crippen molar-refractivity contribution in [2.45, 2.75) is 51.6 Å². The third kappa shape index (κ3) is 6.90. The molecule has 0 aliphatic carbocycles. The van der Waals surface area contributed by atoms with Gasteiger partial charge in [-0.25, -0.2) is 19.4 Å². The summed E-state index contributed by atoms with van der Waals surface area (Å²) in [6.45, 7) is 4.73. The van der Waals surface area contributed by atoms with E-state index in [-0.39, 0.29) is 73.9 Å². The summed E-state index contributed by atoms with van der Waals surface area (Å²) in [6.07, 6.45) is 1.06. The molecule has 4 aliphatic heterocycles. The first-order chi connectivity index (χ1) is 22.2. The lowest BCUT2D eigenvalue weighted by Gasteiger charge is -2.24. The topological polar surface area (TPSA) is 151 Å². The summed E-state index contributed by atoms with van der Waals surface area (Å²) in [6, 6.07) is 18.7. The molecule has 0 bridgehead atoms. The Morgan fingerprint density at radius 1 is 0.652 bits per heavy atom. The van der Waals surface area contributed by atoms with E-state index < -0.39 is 24.0 Å². The van der Waals surface area contributed by atoms with Gasteiger partial charge in [-0.05, 0) is 36.8 Å². The molecule has 12 heteroatoms. The minimum absolute atomic E-state index is 0.113. The van der Waals surface area contributed by atoms with Crippen LogP contribution >= 0.6 is 0 Å². The standard InChI is InChI=1S/2C17H20N2O4/c2*1-2-13-14(9-18-15(13)20)16(21)19-12(10-23-17(19)22)8-11-6-4-3-5-7-11/h2*3-7,12-14H,2,8-10H2,1H3,(H,18,20)/t12?,13-,14+;12-,13+,14-/m11/s1. The van der Waals surface area contributed by atoms with Crippen molar-refractivity contribution in [2.75, 3.05) is 26.3 Å². The molecule has 0 spiro atoms. The summed E-state index contributed by atoms with van der Waals surface area (Å²) in [5.41, 5.74) is 2.09. The normalized spacial score (nSPS) is 27.0. The number of hydrogen-bond donors (Lipinski definition) is 2. The SMILES string of the molecule is CC[C@@H]1C(=O)NC[C@H]1C(=O)N1C(=O)OC[C@H]1Cc1ccccc1.CC[C@H]1C(=O)NC[C@@H]1C(=O)N1C(=O)OCC1Cc1ccccc1. The zero-order valence-corrected chi connectivity index (χ0v) is 26.1. The van der Waals surface area contributed by atoms with Crippen molar-refractivity contribution in [1.29, 1.82) is 0 Å². The molecule has 46 heavy (non-hydrogen) atoms. The summed E-state index contributed by atoms with van der Waals surface area (Å²) >= 11 is 0. The van der Waals surface area contributed by atoms with Crippen LogP contribution in [0.2, 0.25) is 0 Å². The van der Waals surface area contributed by atoms with Gasteiger partial charge in [0.2, 0.25) is 23.6 Å². The number of imide groups is 2. The average molecular weight is 633 g/mol. The number of hydrogen-bond acceptors (Lipinski definition) is 8. The van der Waals surface area contributed by atoms with Gasteiger partial charge in [-0.2, -0.15) is 0 Å². The van der Waals surface area contributed by atoms with Gasteiger partial charge in [0, 0.05) is 13.1 Å². The fourth-order valence-electron chi connectivity index (χ4n) is 6.68. The van der Waals surface area contributed by atoms with E-state index in [9.17, 15) is 28.8 Å². The van der Waals surface area contributed by atoms with Gasteiger partial charge in [-0.15, -0.1) is 0 Å². The number of ether oxygens (including phenoxy) is 2. The number of rotatable bonds is 8. The lowest BCUT2D eigenvalue weighted by atomic mass is 9.91. The number of carbonyl (C=O) groups excluding carboxylic acids is 6. The second kappa shape index (κ2) is 14.6. The van der Waals surface area contributed by atoms with Crippen LogP contribution in [-0.2, 0) is 41.5 Å². The smallest absolute Gasteiger partial charge is 0.416 e. The van der Waals surface area contributed by atoms with Gasteiger partial charge in [-0.1, -0.05) is 74.5 Å². The van der Waals surface area contributed by atoms with Crippen molar-refractivity contribution in [3.8, 4) is 0 Å². The Balaban J connectivity index is 0.000000181. The van der Waals surface area contributed by atoms with Crippen molar-refractivity contribution >= 4 is 35.8 Å². The molecule has 4 fully saturated rings. The fourth-order valence-corrected chi connectivity index (χ4v) is 6.68. The van der Waals surface area contributed by atoms with Crippen LogP contribution in [0, 0.1) is 23.7 Å². The Labute approximate surface area is 267 Å². The Bertz CT molecular complexity index is 1340. The van der Waals surface area contributed by atoms with E-state index in [2.05, 4.69) is 10.6 Å². The lowest BCUT2D eigenvalue weighted by Crippen LogP contribution is -2.45. The maximum Gasteiger partial charge on any atom is 0.416 e. The van der Waals surface area contributed by atoms with Crippen LogP contribution in [0.1, 0.15) is 37.8 Å². The van der Waals surface area contributed by atoms with Crippen LogP contribution in [0.4, 0.5) is 9.59 Å². The van der Waals surface area contributed by atoms with Gasteiger partial charge >= 0.3 is 12.2 Å². The maximum atomic E-state index is 12.8. The van der Waals surface area contributed by atoms with E-state index in [4.69, 9.17) is 9.47 Å². The second-order valence-electron chi connectivity index (χ2n) is 12.0. The second-order valence-corrected chi connectivity index (χ2v) is 12.0. The van der Waals surface area contributed by atoms with E-state index in [1.54, 1.807) is 0 Å². The molecule has 244 valence electrons. The Kier molecular flexibility index (Phi) is 10.3. The first-order valence-corrected chi connectivity index (χ1v) is 15.9. The zero-order valence-electron chi connectivity index (χ0n) is 26.1. The summed E-state index contributed by atoms with van der Waals surface area (Å²) in [7, 11) is 0. The monoisotopic (exact) mass is 632 g/mol. The maximum absolute atomic E-state index is 12.8. The minimum Gasteiger partial charge on any atom is -0.447 e. The van der Waals surface area contributed by atoms with Crippen LogP contribution in [-0.4, -0.2) is 84.0 Å². The fraction of sp³-hybridized carbons (Fsp3) is 0.471. The molecule has 0 radical (unpaired) electrons. The van der Waals surface area contributed by atoms with Crippen LogP contribution < -0.4 is 10.6 Å². The highest BCUT2D eigenvalue weighted by atomic mass is 16.6. The highest BCUT2D eigenvalue weighted by Crippen LogP contribution is 2.29. The molecular formula is C34H40N4O8. The molecular weight excluding hydrogens is 592 g/mol. The molecule has 6 rings (SSSR count). The summed E-state index contributed by atoms with van der Waals surface area (Å²) in [5.74, 6) is -2.55. The van der Waals surface area contributed by atoms with E-state index in [1.807, 2.05) is 74.5 Å². The first kappa shape index (κ1) is 32.6. The number of cyclic esters (lactones) is 2. The molecule has 6 atom stereocenters. The van der Waals surface area contributed by atoms with Crippen LogP contribution in [0.25, 0.3) is 0 Å². The van der Waals surface area contributed by atoms with Gasteiger partial charge in [0.15, 0.2) is 0 Å². The van der Waals surface area contributed by atoms with Crippen LogP contribution in [0.3, 0.4) is 0 Å². The molecule has 4 saturated heterocycles. The average Bonchev–Trinajstić information content (AvgIpc) is 3.83. The predicted molar refractivity (Wildman–Crippen MR) is 165 cm³/mol. The van der Waals surface area contributed by atoms with E-state index in [0.29, 0.717) is 25.7 Å². The molecule has 12 nitrogen and oxygen atoms in total. The van der Waals surface area contributed by atoms with Crippen LogP contribution in [0.5, 0.6) is 0 Å². The van der Waals surface area contributed by atoms with E-state index in [1.165, 1.54) is 9.80 Å². The van der Waals surface area contributed by atoms with E-state index >= 15 is 0 Å². The molecule has 2 N–H and O–H groups in total. The van der Waals surface area contributed by atoms with Gasteiger partial charge in [0.25, 0.3) is 0 Å². The number of carbonyl (C=O) groups is 6. The summed E-state index contributed by atoms with van der Waals surface area (Å²) < 4.78 is 10.2. The molecule has 2 aromatic rings. The van der Waals surface area contributed by atoms with Crippen molar-refractivity contribution in [2.24, 2.45) is 23.7 Å². The van der Waals surface area contributed by atoms with E-state index in [0.717, 1.165) is 11.1 Å². The molecule has 0 saturated carbocycles. The summed E-state index contributed by atoms with van der Waals surface area (Å²) in [4.78, 5) is 75.7. The quantitative estimate of drug-likeness (QED) is 0.451. The highest BCUT2D eigenvalue weighted by molar-refractivity contribution is 5.99. The Morgan fingerprint density at radius 3 is 1.37 bits per heavy atom. The first-order valence-electron chi connectivity index (χ1n) is 15.9. The molecule has 4 heterocycles. The van der Waals surface area contributed by atoms with Crippen molar-refractivity contribution in [3.63, 3.8) is 0 Å². The van der Waals surface area contributed by atoms with Crippen molar-refractivity contribution in [3.05, 3.63) is 71.8 Å². The van der Waals surface area contributed by atoms with Gasteiger partial charge in [0.1, 0.15) is 13.2 Å². The third-order valence-electron chi connectivity index (χ3n) is 9.18. The molecule has 0 aromatic heterocycles. The number of nitrogens with one attached hydrogen (secondary N) is 2. The van der Waals surface area contributed by atoms with Gasteiger partial charge < -0.3 is 20.1 Å². The predicted octanol–water partition coefficient (Wildman–Crippen LogP) is 2.70. The van der Waals surface area contributed by atoms with Gasteiger partial charge in [-0.3, -0.25) is 19.2 Å².